The summed E-state index contributed by atoms with van der Waals surface area (Å²) in [6.07, 6.45) is 4.22. The van der Waals surface area contributed by atoms with Crippen LogP contribution in [0.3, 0.4) is 0 Å². The number of hydrogen-bond acceptors (Lipinski definition) is 4. The summed E-state index contributed by atoms with van der Waals surface area (Å²) in [4.78, 5) is 14.3. The number of piperidine rings is 1. The molecule has 2 aliphatic rings. The molecule has 1 saturated heterocycles. The fourth-order valence-electron chi connectivity index (χ4n) is 2.70. The van der Waals surface area contributed by atoms with E-state index in [0.717, 1.165) is 30.2 Å². The lowest BCUT2D eigenvalue weighted by Crippen LogP contribution is -2.35. The van der Waals surface area contributed by atoms with Gasteiger partial charge >= 0.3 is 0 Å². The molecule has 2 heterocycles. The highest BCUT2D eigenvalue weighted by Crippen LogP contribution is 2.32. The maximum absolute atomic E-state index is 12.1. The standard InChI is InChI=1S/C15H19NO3/c17-13(10-16-6-2-1-3-7-16)8-12-4-5-14-15(9-12)19-11-18-14/h4-5,9H,1-3,6-8,10-11H2. The molecular weight excluding hydrogens is 242 g/mol. The summed E-state index contributed by atoms with van der Waals surface area (Å²) in [5, 5.41) is 0. The second-order valence-electron chi connectivity index (χ2n) is 5.24. The lowest BCUT2D eigenvalue weighted by molar-refractivity contribution is -0.119. The van der Waals surface area contributed by atoms with E-state index in [4.69, 9.17) is 9.47 Å². The molecule has 0 bridgehead atoms. The minimum atomic E-state index is 0.278. The summed E-state index contributed by atoms with van der Waals surface area (Å²) < 4.78 is 10.6. The van der Waals surface area contributed by atoms with Gasteiger partial charge in [0.05, 0.1) is 6.54 Å². The van der Waals surface area contributed by atoms with Gasteiger partial charge in [-0.25, -0.2) is 0 Å². The number of Topliss-reactive ketones (excluding diaryl/α,β-unsaturated/α-hetero) is 1. The first-order valence-corrected chi connectivity index (χ1v) is 6.94. The van der Waals surface area contributed by atoms with Gasteiger partial charge in [0, 0.05) is 6.42 Å². The van der Waals surface area contributed by atoms with Crippen LogP contribution < -0.4 is 9.47 Å². The second kappa shape index (κ2) is 5.61. The van der Waals surface area contributed by atoms with E-state index in [2.05, 4.69) is 4.90 Å². The number of carbonyl (C=O) groups is 1. The normalized spacial score (nSPS) is 18.5. The van der Waals surface area contributed by atoms with Gasteiger partial charge in [-0.15, -0.1) is 0 Å². The Morgan fingerprint density at radius 2 is 1.89 bits per heavy atom. The van der Waals surface area contributed by atoms with Gasteiger partial charge in [0.2, 0.25) is 6.79 Å². The third-order valence-electron chi connectivity index (χ3n) is 3.69. The van der Waals surface area contributed by atoms with Crippen molar-refractivity contribution >= 4 is 5.78 Å². The molecule has 3 rings (SSSR count). The predicted molar refractivity (Wildman–Crippen MR) is 71.6 cm³/mol. The Bertz CT molecular complexity index is 466. The zero-order chi connectivity index (χ0) is 13.1. The average Bonchev–Trinajstić information content (AvgIpc) is 2.87. The van der Waals surface area contributed by atoms with Crippen LogP contribution in [-0.2, 0) is 11.2 Å². The van der Waals surface area contributed by atoms with Crippen molar-refractivity contribution in [2.24, 2.45) is 0 Å². The molecule has 4 heteroatoms. The van der Waals surface area contributed by atoms with Crippen LogP contribution in [-0.4, -0.2) is 37.1 Å². The molecule has 102 valence electrons. The Labute approximate surface area is 113 Å². The quantitative estimate of drug-likeness (QED) is 0.831. The van der Waals surface area contributed by atoms with Crippen LogP contribution in [0.5, 0.6) is 11.5 Å². The summed E-state index contributed by atoms with van der Waals surface area (Å²) in [5.74, 6) is 1.80. The third kappa shape index (κ3) is 3.07. The Kier molecular flexibility index (Phi) is 3.69. The Hall–Kier alpha value is -1.55. The second-order valence-corrected chi connectivity index (χ2v) is 5.24. The molecule has 19 heavy (non-hydrogen) atoms. The van der Waals surface area contributed by atoms with Gasteiger partial charge in [0.15, 0.2) is 17.3 Å². The van der Waals surface area contributed by atoms with E-state index in [-0.39, 0.29) is 12.6 Å². The number of likely N-dealkylation sites (tertiary alicyclic amines) is 1. The van der Waals surface area contributed by atoms with E-state index in [0.29, 0.717) is 13.0 Å². The molecule has 0 atom stereocenters. The van der Waals surface area contributed by atoms with E-state index in [1.54, 1.807) is 0 Å². The van der Waals surface area contributed by atoms with Crippen LogP contribution in [0.1, 0.15) is 24.8 Å². The largest absolute Gasteiger partial charge is 0.454 e. The first-order chi connectivity index (χ1) is 9.31. The first kappa shape index (κ1) is 12.5. The minimum Gasteiger partial charge on any atom is -0.454 e. The molecule has 1 fully saturated rings. The zero-order valence-electron chi connectivity index (χ0n) is 11.1. The summed E-state index contributed by atoms with van der Waals surface area (Å²) >= 11 is 0. The predicted octanol–water partition coefficient (Wildman–Crippen LogP) is 2.01. The van der Waals surface area contributed by atoms with Crippen molar-refractivity contribution in [1.82, 2.24) is 4.90 Å². The molecule has 4 nitrogen and oxygen atoms in total. The summed E-state index contributed by atoms with van der Waals surface area (Å²) in [7, 11) is 0. The molecule has 0 radical (unpaired) electrons. The molecule has 0 amide bonds. The molecule has 0 aliphatic carbocycles. The highest BCUT2D eigenvalue weighted by molar-refractivity contribution is 5.83. The van der Waals surface area contributed by atoms with Crippen molar-refractivity contribution in [2.75, 3.05) is 26.4 Å². The van der Waals surface area contributed by atoms with Gasteiger partial charge < -0.3 is 9.47 Å². The summed E-state index contributed by atoms with van der Waals surface area (Å²) in [5.41, 5.74) is 1.01. The zero-order valence-corrected chi connectivity index (χ0v) is 11.1. The number of ether oxygens (including phenoxy) is 2. The van der Waals surface area contributed by atoms with Crippen molar-refractivity contribution in [1.29, 1.82) is 0 Å². The van der Waals surface area contributed by atoms with E-state index in [9.17, 15) is 4.79 Å². The molecule has 0 saturated carbocycles. The summed E-state index contributed by atoms with van der Waals surface area (Å²) in [6.45, 7) is 2.98. The van der Waals surface area contributed by atoms with Crippen LogP contribution in [0.2, 0.25) is 0 Å². The van der Waals surface area contributed by atoms with Gasteiger partial charge in [0.1, 0.15) is 0 Å². The van der Waals surface area contributed by atoms with Crippen LogP contribution in [0.25, 0.3) is 0 Å². The van der Waals surface area contributed by atoms with E-state index in [1.807, 2.05) is 18.2 Å². The lowest BCUT2D eigenvalue weighted by atomic mass is 10.1. The van der Waals surface area contributed by atoms with Crippen LogP contribution >= 0.6 is 0 Å². The van der Waals surface area contributed by atoms with Gasteiger partial charge in [-0.05, 0) is 43.6 Å². The number of nitrogens with zero attached hydrogens (tertiary/aromatic N) is 1. The Morgan fingerprint density at radius 3 is 2.74 bits per heavy atom. The summed E-state index contributed by atoms with van der Waals surface area (Å²) in [6, 6.07) is 5.74. The number of benzene rings is 1. The van der Waals surface area contributed by atoms with Crippen LogP contribution in [0.4, 0.5) is 0 Å². The van der Waals surface area contributed by atoms with Crippen molar-refractivity contribution in [3.8, 4) is 11.5 Å². The smallest absolute Gasteiger partial charge is 0.231 e. The molecule has 0 unspecified atom stereocenters. The third-order valence-corrected chi connectivity index (χ3v) is 3.69. The minimum absolute atomic E-state index is 0.278. The monoisotopic (exact) mass is 261 g/mol. The highest BCUT2D eigenvalue weighted by Gasteiger charge is 2.17. The molecule has 0 N–H and O–H groups in total. The SMILES string of the molecule is O=C(Cc1ccc2c(c1)OCO2)CN1CCCCC1. The first-order valence-electron chi connectivity index (χ1n) is 6.94. The number of hydrogen-bond donors (Lipinski definition) is 0. The van der Waals surface area contributed by atoms with E-state index >= 15 is 0 Å². The van der Waals surface area contributed by atoms with Gasteiger partial charge in [0.25, 0.3) is 0 Å². The Morgan fingerprint density at radius 1 is 1.11 bits per heavy atom. The molecule has 1 aromatic carbocycles. The topological polar surface area (TPSA) is 38.8 Å². The van der Waals surface area contributed by atoms with E-state index < -0.39 is 0 Å². The average molecular weight is 261 g/mol. The van der Waals surface area contributed by atoms with E-state index in [1.165, 1.54) is 19.3 Å². The number of fused-ring (bicyclic) bond motifs is 1. The van der Waals surface area contributed by atoms with Crippen molar-refractivity contribution in [3.63, 3.8) is 0 Å². The van der Waals surface area contributed by atoms with Crippen molar-refractivity contribution < 1.29 is 14.3 Å². The lowest BCUT2D eigenvalue weighted by Gasteiger charge is -2.25. The van der Waals surface area contributed by atoms with Crippen LogP contribution in [0, 0.1) is 0 Å². The molecule has 1 aromatic rings. The fraction of sp³-hybridized carbons (Fsp3) is 0.533. The maximum atomic E-state index is 12.1. The van der Waals surface area contributed by atoms with Gasteiger partial charge in [-0.2, -0.15) is 0 Å². The number of rotatable bonds is 4. The van der Waals surface area contributed by atoms with Crippen LogP contribution in [0.15, 0.2) is 18.2 Å². The van der Waals surface area contributed by atoms with Crippen molar-refractivity contribution in [3.05, 3.63) is 23.8 Å². The number of ketones is 1. The molecule has 0 spiro atoms. The molecule has 0 aromatic heterocycles. The van der Waals surface area contributed by atoms with Crippen molar-refractivity contribution in [2.45, 2.75) is 25.7 Å². The number of carbonyl (C=O) groups excluding carboxylic acids is 1. The maximum Gasteiger partial charge on any atom is 0.231 e. The molecule has 2 aliphatic heterocycles. The van der Waals surface area contributed by atoms with Gasteiger partial charge in [-0.3, -0.25) is 9.69 Å². The Balaban J connectivity index is 1.56. The highest BCUT2D eigenvalue weighted by atomic mass is 16.7. The van der Waals surface area contributed by atoms with Gasteiger partial charge in [-0.1, -0.05) is 12.5 Å². The fourth-order valence-corrected chi connectivity index (χ4v) is 2.70. The molecular formula is C15H19NO3.